The zero-order valence-corrected chi connectivity index (χ0v) is 20.7. The highest BCUT2D eigenvalue weighted by atomic mass is 19.3. The normalized spacial score (nSPS) is 17.3. The second-order valence-corrected chi connectivity index (χ2v) is 8.92. The van der Waals surface area contributed by atoms with Crippen molar-refractivity contribution in [3.8, 4) is 0 Å². The number of amidine groups is 2. The molecule has 3 rings (SSSR count). The summed E-state index contributed by atoms with van der Waals surface area (Å²) in [5, 5.41) is 15.5. The van der Waals surface area contributed by atoms with E-state index in [1.807, 2.05) is 44.2 Å². The van der Waals surface area contributed by atoms with Crippen LogP contribution < -0.4 is 10.6 Å². The molecule has 0 spiro atoms. The number of alkyl halides is 2. The number of hydrogen-bond donors (Lipinski definition) is 3. The van der Waals surface area contributed by atoms with Gasteiger partial charge in [-0.05, 0) is 23.6 Å². The number of carbonyl (C=O) groups excluding carboxylic acids is 1. The van der Waals surface area contributed by atoms with Crippen molar-refractivity contribution in [3.05, 3.63) is 77.1 Å². The zero-order valence-electron chi connectivity index (χ0n) is 20.7. The van der Waals surface area contributed by atoms with Gasteiger partial charge in [-0.1, -0.05) is 56.3 Å². The number of para-hydroxylation sites is 1. The Morgan fingerprint density at radius 2 is 1.74 bits per heavy atom. The average Bonchev–Trinajstić information content (AvgIpc) is 2.82. The van der Waals surface area contributed by atoms with Gasteiger partial charge in [0.2, 0.25) is 0 Å². The highest BCUT2D eigenvalue weighted by molar-refractivity contribution is 6.31. The first kappa shape index (κ1) is 25.9. The van der Waals surface area contributed by atoms with Crippen LogP contribution in [0.15, 0.2) is 71.0 Å². The maximum atomic E-state index is 13.6. The molecule has 3 N–H and O–H groups in total. The number of benzene rings is 2. The molecule has 0 saturated carbocycles. The van der Waals surface area contributed by atoms with Crippen molar-refractivity contribution in [2.75, 3.05) is 26.0 Å². The third kappa shape index (κ3) is 6.03. The molecule has 2 aromatic carbocycles. The topological polar surface area (TPSA) is 83.8 Å². The van der Waals surface area contributed by atoms with Gasteiger partial charge in [0.25, 0.3) is 5.92 Å². The molecule has 1 fully saturated rings. The molecular weight excluding hydrogens is 450 g/mol. The van der Waals surface area contributed by atoms with Crippen molar-refractivity contribution < 1.29 is 13.6 Å². The largest absolute Gasteiger partial charge is 0.367 e. The molecule has 2 amide bonds. The number of carbonyl (C=O) groups is 1. The van der Waals surface area contributed by atoms with Crippen LogP contribution in [-0.2, 0) is 12.5 Å². The van der Waals surface area contributed by atoms with Crippen LogP contribution >= 0.6 is 0 Å². The van der Waals surface area contributed by atoms with E-state index in [2.05, 4.69) is 15.6 Å². The fourth-order valence-corrected chi connectivity index (χ4v) is 3.77. The summed E-state index contributed by atoms with van der Waals surface area (Å²) in [6.45, 7) is 5.53. The molecule has 35 heavy (non-hydrogen) atoms. The van der Waals surface area contributed by atoms with Crippen LogP contribution in [0.1, 0.15) is 31.9 Å². The third-order valence-corrected chi connectivity index (χ3v) is 5.55. The summed E-state index contributed by atoms with van der Waals surface area (Å²) < 4.78 is 27.2. The van der Waals surface area contributed by atoms with Crippen LogP contribution in [0.5, 0.6) is 0 Å². The minimum atomic E-state index is -2.91. The fraction of sp³-hybridized carbons (Fsp3) is 0.346. The molecule has 7 nitrogen and oxygen atoms in total. The number of nitrogens with zero attached hydrogens (tertiary/aromatic N) is 3. The first-order chi connectivity index (χ1) is 16.5. The van der Waals surface area contributed by atoms with Gasteiger partial charge in [-0.2, -0.15) is 0 Å². The lowest BCUT2D eigenvalue weighted by atomic mass is 10.1. The first-order valence-electron chi connectivity index (χ1n) is 11.4. The SMILES string of the molecule is C/N=C1/C(=C(/NCc2ccc(C(C)(F)F)cc2)Nc2ccccc2)C(=N)N(CC(C)C)C(=O)N1C. The fourth-order valence-electron chi connectivity index (χ4n) is 3.77. The summed E-state index contributed by atoms with van der Waals surface area (Å²) in [6, 6.07) is 15.2. The highest BCUT2D eigenvalue weighted by Crippen LogP contribution is 2.27. The van der Waals surface area contributed by atoms with Crippen LogP contribution in [0.25, 0.3) is 0 Å². The molecule has 0 aliphatic carbocycles. The molecule has 1 saturated heterocycles. The van der Waals surface area contributed by atoms with E-state index in [1.54, 1.807) is 26.2 Å². The van der Waals surface area contributed by atoms with Crippen LogP contribution in [0.4, 0.5) is 19.3 Å². The quantitative estimate of drug-likeness (QED) is 0.481. The number of halogens is 2. The Hall–Kier alpha value is -3.75. The van der Waals surface area contributed by atoms with Crippen molar-refractivity contribution in [1.29, 1.82) is 5.41 Å². The van der Waals surface area contributed by atoms with E-state index in [0.29, 0.717) is 30.3 Å². The molecule has 0 aromatic heterocycles. The smallest absolute Gasteiger partial charge is 0.331 e. The van der Waals surface area contributed by atoms with E-state index in [9.17, 15) is 13.6 Å². The van der Waals surface area contributed by atoms with Gasteiger partial charge in [0, 0.05) is 45.4 Å². The number of nitrogens with one attached hydrogen (secondary N) is 3. The van der Waals surface area contributed by atoms with Gasteiger partial charge in [-0.3, -0.25) is 20.2 Å². The van der Waals surface area contributed by atoms with E-state index in [0.717, 1.165) is 18.2 Å². The molecule has 1 heterocycles. The van der Waals surface area contributed by atoms with Gasteiger partial charge in [-0.15, -0.1) is 0 Å². The number of rotatable bonds is 8. The third-order valence-electron chi connectivity index (χ3n) is 5.55. The minimum Gasteiger partial charge on any atom is -0.367 e. The van der Waals surface area contributed by atoms with Gasteiger partial charge in [0.05, 0.1) is 5.57 Å². The minimum absolute atomic E-state index is 0.0364. The van der Waals surface area contributed by atoms with Crippen molar-refractivity contribution in [2.45, 2.75) is 33.2 Å². The highest BCUT2D eigenvalue weighted by Gasteiger charge is 2.38. The molecule has 0 atom stereocenters. The average molecular weight is 483 g/mol. The molecular formula is C26H32F2N6O. The Kier molecular flexibility index (Phi) is 7.89. The Bertz CT molecular complexity index is 1120. The molecule has 0 bridgehead atoms. The first-order valence-corrected chi connectivity index (χ1v) is 11.4. The summed E-state index contributed by atoms with van der Waals surface area (Å²) in [4.78, 5) is 20.1. The van der Waals surface area contributed by atoms with Crippen LogP contribution in [0, 0.1) is 11.3 Å². The molecule has 0 radical (unpaired) electrons. The predicted octanol–water partition coefficient (Wildman–Crippen LogP) is 5.24. The molecule has 0 unspecified atom stereocenters. The molecule has 1 aliphatic heterocycles. The van der Waals surface area contributed by atoms with E-state index in [-0.39, 0.29) is 23.3 Å². The van der Waals surface area contributed by atoms with Crippen molar-refractivity contribution >= 4 is 23.4 Å². The van der Waals surface area contributed by atoms with Crippen molar-refractivity contribution in [3.63, 3.8) is 0 Å². The zero-order chi connectivity index (χ0) is 25.8. The predicted molar refractivity (Wildman–Crippen MR) is 136 cm³/mol. The maximum absolute atomic E-state index is 13.6. The van der Waals surface area contributed by atoms with Gasteiger partial charge in [0.15, 0.2) is 0 Å². The molecule has 2 aromatic rings. The Morgan fingerprint density at radius 3 is 2.29 bits per heavy atom. The monoisotopic (exact) mass is 482 g/mol. The Balaban J connectivity index is 2.02. The van der Waals surface area contributed by atoms with E-state index in [1.165, 1.54) is 21.9 Å². The van der Waals surface area contributed by atoms with E-state index >= 15 is 0 Å². The number of hydrogen-bond acceptors (Lipinski definition) is 5. The number of urea groups is 1. The van der Waals surface area contributed by atoms with E-state index in [4.69, 9.17) is 5.41 Å². The number of amides is 2. The van der Waals surface area contributed by atoms with Crippen LogP contribution in [-0.4, -0.2) is 48.1 Å². The second-order valence-electron chi connectivity index (χ2n) is 8.92. The second kappa shape index (κ2) is 10.7. The van der Waals surface area contributed by atoms with Crippen molar-refractivity contribution in [1.82, 2.24) is 15.1 Å². The summed E-state index contributed by atoms with van der Waals surface area (Å²) in [6.07, 6.45) is 0. The summed E-state index contributed by atoms with van der Waals surface area (Å²) in [5.74, 6) is -1.88. The van der Waals surface area contributed by atoms with Gasteiger partial charge in [0.1, 0.15) is 17.5 Å². The summed E-state index contributed by atoms with van der Waals surface area (Å²) in [7, 11) is 3.21. The Labute approximate surface area is 205 Å². The number of aliphatic imine (C=N–C) groups is 1. The van der Waals surface area contributed by atoms with Gasteiger partial charge >= 0.3 is 6.03 Å². The van der Waals surface area contributed by atoms with Crippen molar-refractivity contribution in [2.24, 2.45) is 10.9 Å². The molecule has 9 heteroatoms. The van der Waals surface area contributed by atoms with Crippen LogP contribution in [0.3, 0.4) is 0 Å². The molecule has 186 valence electrons. The summed E-state index contributed by atoms with van der Waals surface area (Å²) in [5.41, 5.74) is 1.95. The number of likely N-dealkylation sites (N-methyl/N-ethyl adjacent to an activating group) is 1. The lowest BCUT2D eigenvalue weighted by Gasteiger charge is -2.38. The molecule has 1 aliphatic rings. The van der Waals surface area contributed by atoms with Crippen LogP contribution in [0.2, 0.25) is 0 Å². The van der Waals surface area contributed by atoms with Gasteiger partial charge < -0.3 is 10.6 Å². The standard InChI is InChI=1S/C26H32F2N6O/c1-17(2)16-34-22(29)21(24(30-4)33(5)25(34)35)23(32-20-9-7-6-8-10-20)31-15-18-11-13-19(14-12-18)26(3,27)28/h6-14,17,29,31-32H,15-16H2,1-5H3/b23-21-,29-22?,30-24-. The Morgan fingerprint density at radius 1 is 1.11 bits per heavy atom. The van der Waals surface area contributed by atoms with E-state index < -0.39 is 5.92 Å². The maximum Gasteiger partial charge on any atom is 0.331 e. The summed E-state index contributed by atoms with van der Waals surface area (Å²) >= 11 is 0. The van der Waals surface area contributed by atoms with Gasteiger partial charge in [-0.25, -0.2) is 13.6 Å². The lowest BCUT2D eigenvalue weighted by molar-refractivity contribution is 0.0174. The number of anilines is 1. The lowest BCUT2D eigenvalue weighted by Crippen LogP contribution is -2.56.